The molecule has 5 heteroatoms. The summed E-state index contributed by atoms with van der Waals surface area (Å²) in [7, 11) is 0. The molecule has 1 saturated heterocycles. The Morgan fingerprint density at radius 2 is 2.31 bits per heavy atom. The molecule has 0 atom stereocenters. The molecule has 0 aromatic carbocycles. The second-order valence-corrected chi connectivity index (χ2v) is 5.22. The van der Waals surface area contributed by atoms with Gasteiger partial charge in [0, 0.05) is 37.4 Å². The number of anilines is 1. The van der Waals surface area contributed by atoms with Crippen LogP contribution in [0.4, 0.5) is 5.13 Å². The summed E-state index contributed by atoms with van der Waals surface area (Å²) in [6.45, 7) is 3.44. The van der Waals surface area contributed by atoms with Gasteiger partial charge in [0.25, 0.3) is 0 Å². The molecule has 0 saturated carbocycles. The van der Waals surface area contributed by atoms with Gasteiger partial charge in [-0.3, -0.25) is 0 Å². The highest BCUT2D eigenvalue weighted by Gasteiger charge is 2.13. The zero-order valence-electron chi connectivity index (χ0n) is 9.45. The van der Waals surface area contributed by atoms with Gasteiger partial charge in [0.2, 0.25) is 0 Å². The van der Waals surface area contributed by atoms with Crippen molar-refractivity contribution in [2.45, 2.75) is 25.8 Å². The topological polar surface area (TPSA) is 60.2 Å². The van der Waals surface area contributed by atoms with E-state index in [1.54, 1.807) is 11.3 Å². The van der Waals surface area contributed by atoms with Crippen molar-refractivity contribution in [3.8, 4) is 0 Å². The molecular weight excluding hydrogens is 222 g/mol. The van der Waals surface area contributed by atoms with E-state index in [9.17, 15) is 0 Å². The minimum Gasteiger partial charge on any atom is -0.381 e. The van der Waals surface area contributed by atoms with Gasteiger partial charge in [-0.05, 0) is 25.2 Å². The molecule has 1 aromatic rings. The molecule has 1 aliphatic rings. The zero-order valence-corrected chi connectivity index (χ0v) is 10.3. The van der Waals surface area contributed by atoms with Crippen LogP contribution in [0.5, 0.6) is 0 Å². The predicted octanol–water partition coefficient (Wildman–Crippen LogP) is 1.83. The first-order chi connectivity index (χ1) is 7.88. The quantitative estimate of drug-likeness (QED) is 0.825. The van der Waals surface area contributed by atoms with Gasteiger partial charge in [0.15, 0.2) is 5.13 Å². The number of hydrogen-bond donors (Lipinski definition) is 2. The van der Waals surface area contributed by atoms with Crippen LogP contribution in [0.1, 0.15) is 24.1 Å². The van der Waals surface area contributed by atoms with Gasteiger partial charge in [-0.1, -0.05) is 0 Å². The molecule has 4 nitrogen and oxygen atoms in total. The third-order valence-electron chi connectivity index (χ3n) is 2.92. The van der Waals surface area contributed by atoms with Crippen LogP contribution >= 0.6 is 11.3 Å². The lowest BCUT2D eigenvalue weighted by molar-refractivity contribution is 0.0649. The van der Waals surface area contributed by atoms with E-state index in [0.717, 1.165) is 35.7 Å². The highest BCUT2D eigenvalue weighted by atomic mass is 32.1. The van der Waals surface area contributed by atoms with Crippen LogP contribution in [-0.4, -0.2) is 24.7 Å². The van der Waals surface area contributed by atoms with E-state index in [-0.39, 0.29) is 0 Å². The van der Waals surface area contributed by atoms with Crippen molar-refractivity contribution >= 4 is 16.5 Å². The van der Waals surface area contributed by atoms with E-state index in [1.165, 1.54) is 19.3 Å². The molecule has 0 unspecified atom stereocenters. The summed E-state index contributed by atoms with van der Waals surface area (Å²) in [5, 5.41) is 4.35. The molecule has 16 heavy (non-hydrogen) atoms. The van der Waals surface area contributed by atoms with Crippen molar-refractivity contribution in [3.63, 3.8) is 0 Å². The summed E-state index contributed by atoms with van der Waals surface area (Å²) >= 11 is 1.65. The monoisotopic (exact) mass is 241 g/mol. The summed E-state index contributed by atoms with van der Waals surface area (Å²) in [5.41, 5.74) is 5.54. The van der Waals surface area contributed by atoms with Crippen LogP contribution in [0.15, 0.2) is 6.20 Å². The number of nitrogens with two attached hydrogens (primary N) is 1. The average molecular weight is 241 g/mol. The van der Waals surface area contributed by atoms with Crippen LogP contribution < -0.4 is 11.1 Å². The molecular formula is C11H19N3OS. The fourth-order valence-corrected chi connectivity index (χ4v) is 2.62. The van der Waals surface area contributed by atoms with Crippen LogP contribution in [-0.2, 0) is 11.3 Å². The predicted molar refractivity (Wildman–Crippen MR) is 66.7 cm³/mol. The Morgan fingerprint density at radius 3 is 3.00 bits per heavy atom. The molecule has 0 amide bonds. The van der Waals surface area contributed by atoms with Crippen molar-refractivity contribution in [3.05, 3.63) is 11.1 Å². The van der Waals surface area contributed by atoms with Gasteiger partial charge in [-0.2, -0.15) is 0 Å². The maximum Gasteiger partial charge on any atom is 0.182 e. The second kappa shape index (κ2) is 6.18. The van der Waals surface area contributed by atoms with Gasteiger partial charge in [-0.15, -0.1) is 11.3 Å². The Balaban J connectivity index is 1.66. The molecule has 0 bridgehead atoms. The lowest BCUT2D eigenvalue weighted by Crippen LogP contribution is -2.18. The number of aromatic nitrogens is 1. The van der Waals surface area contributed by atoms with E-state index in [4.69, 9.17) is 10.5 Å². The lowest BCUT2D eigenvalue weighted by Gasteiger charge is -2.21. The zero-order chi connectivity index (χ0) is 11.2. The Kier molecular flexibility index (Phi) is 4.56. The van der Waals surface area contributed by atoms with Crippen LogP contribution in [0.2, 0.25) is 0 Å². The van der Waals surface area contributed by atoms with Gasteiger partial charge in [0.1, 0.15) is 0 Å². The van der Waals surface area contributed by atoms with Crippen molar-refractivity contribution < 1.29 is 4.74 Å². The number of thiazole rings is 1. The van der Waals surface area contributed by atoms with Gasteiger partial charge in [0.05, 0.1) is 0 Å². The van der Waals surface area contributed by atoms with Crippen LogP contribution in [0, 0.1) is 5.92 Å². The number of hydrogen-bond acceptors (Lipinski definition) is 5. The Bertz CT molecular complexity index is 310. The molecule has 0 aliphatic carbocycles. The largest absolute Gasteiger partial charge is 0.381 e. The molecule has 1 aromatic heterocycles. The number of nitrogens with zero attached hydrogens (tertiary/aromatic N) is 1. The number of ether oxygens (including phenoxy) is 1. The van der Waals surface area contributed by atoms with Crippen molar-refractivity contribution in [1.29, 1.82) is 0 Å². The Hall–Kier alpha value is -0.650. The lowest BCUT2D eigenvalue weighted by atomic mass is 9.97. The summed E-state index contributed by atoms with van der Waals surface area (Å²) in [6.07, 6.45) is 5.46. The van der Waals surface area contributed by atoms with E-state index in [0.29, 0.717) is 6.54 Å². The molecule has 3 N–H and O–H groups in total. The fraction of sp³-hybridized carbons (Fsp3) is 0.727. The van der Waals surface area contributed by atoms with E-state index >= 15 is 0 Å². The summed E-state index contributed by atoms with van der Waals surface area (Å²) < 4.78 is 5.34. The van der Waals surface area contributed by atoms with Gasteiger partial charge >= 0.3 is 0 Å². The van der Waals surface area contributed by atoms with Gasteiger partial charge < -0.3 is 15.8 Å². The first kappa shape index (κ1) is 11.8. The molecule has 90 valence electrons. The highest BCUT2D eigenvalue weighted by molar-refractivity contribution is 7.15. The van der Waals surface area contributed by atoms with Gasteiger partial charge in [-0.25, -0.2) is 4.98 Å². The first-order valence-electron chi connectivity index (χ1n) is 5.85. The average Bonchev–Trinajstić information content (AvgIpc) is 2.78. The second-order valence-electron chi connectivity index (χ2n) is 4.11. The minimum atomic E-state index is 0.583. The number of rotatable bonds is 5. The van der Waals surface area contributed by atoms with Crippen molar-refractivity contribution in [2.75, 3.05) is 25.1 Å². The SMILES string of the molecule is NCc1cnc(NCCC2CCOCC2)s1. The Morgan fingerprint density at radius 1 is 1.50 bits per heavy atom. The number of nitrogens with one attached hydrogen (secondary N) is 1. The van der Waals surface area contributed by atoms with Crippen LogP contribution in [0.25, 0.3) is 0 Å². The smallest absolute Gasteiger partial charge is 0.182 e. The molecule has 0 radical (unpaired) electrons. The van der Waals surface area contributed by atoms with E-state index < -0.39 is 0 Å². The summed E-state index contributed by atoms with van der Waals surface area (Å²) in [4.78, 5) is 5.41. The summed E-state index contributed by atoms with van der Waals surface area (Å²) in [6, 6.07) is 0. The molecule has 1 fully saturated rings. The van der Waals surface area contributed by atoms with Crippen LogP contribution in [0.3, 0.4) is 0 Å². The highest BCUT2D eigenvalue weighted by Crippen LogP contribution is 2.20. The summed E-state index contributed by atoms with van der Waals surface area (Å²) in [5.74, 6) is 0.815. The van der Waals surface area contributed by atoms with E-state index in [2.05, 4.69) is 10.3 Å². The van der Waals surface area contributed by atoms with Crippen molar-refractivity contribution in [1.82, 2.24) is 4.98 Å². The maximum absolute atomic E-state index is 5.54. The third kappa shape index (κ3) is 3.43. The minimum absolute atomic E-state index is 0.583. The first-order valence-corrected chi connectivity index (χ1v) is 6.66. The normalized spacial score (nSPS) is 17.6. The standard InChI is InChI=1S/C11H19N3OS/c12-7-10-8-14-11(16-10)13-4-1-9-2-5-15-6-3-9/h8-9H,1-7,12H2,(H,13,14). The maximum atomic E-state index is 5.54. The molecule has 2 rings (SSSR count). The van der Waals surface area contributed by atoms with E-state index in [1.807, 2.05) is 6.20 Å². The Labute approximate surface area is 100 Å². The molecule has 2 heterocycles. The fourth-order valence-electron chi connectivity index (χ4n) is 1.90. The molecule has 1 aliphatic heterocycles. The third-order valence-corrected chi connectivity index (χ3v) is 3.90. The van der Waals surface area contributed by atoms with Crippen molar-refractivity contribution in [2.24, 2.45) is 11.7 Å². The molecule has 0 spiro atoms.